The van der Waals surface area contributed by atoms with Crippen molar-refractivity contribution in [2.24, 2.45) is 5.92 Å². The minimum absolute atomic E-state index is 0.168. The number of amides is 1. The molecular formula is C18H24Cl2N2O. The molecule has 1 aliphatic carbocycles. The highest BCUT2D eigenvalue weighted by molar-refractivity contribution is 6.42. The molecule has 3 nitrogen and oxygen atoms in total. The Bertz CT molecular complexity index is 550. The van der Waals surface area contributed by atoms with Crippen LogP contribution in [0.25, 0.3) is 0 Å². The maximum absolute atomic E-state index is 12.3. The van der Waals surface area contributed by atoms with Crippen LogP contribution in [0.15, 0.2) is 18.2 Å². The van der Waals surface area contributed by atoms with Gasteiger partial charge in [-0.25, -0.2) is 0 Å². The second-order valence-electron chi connectivity index (χ2n) is 6.75. The molecule has 0 aromatic heterocycles. The number of carbonyl (C=O) groups excluding carboxylic acids is 1. The van der Waals surface area contributed by atoms with E-state index in [-0.39, 0.29) is 11.8 Å². The molecule has 0 bridgehead atoms. The van der Waals surface area contributed by atoms with Crippen LogP contribution in [0.1, 0.15) is 44.1 Å². The molecule has 23 heavy (non-hydrogen) atoms. The van der Waals surface area contributed by atoms with Crippen LogP contribution in [0.2, 0.25) is 10.0 Å². The second-order valence-corrected chi connectivity index (χ2v) is 7.54. The Hall–Kier alpha value is -0.770. The zero-order valence-corrected chi connectivity index (χ0v) is 14.9. The van der Waals surface area contributed by atoms with Gasteiger partial charge < -0.3 is 5.32 Å². The third kappa shape index (κ3) is 4.40. The number of nitrogens with zero attached hydrogens (tertiary/aromatic N) is 1. The number of piperidine rings is 1. The molecule has 0 spiro atoms. The predicted octanol–water partition coefficient (Wildman–Crippen LogP) is 4.26. The smallest absolute Gasteiger partial charge is 0.223 e. The molecule has 1 heterocycles. The third-order valence-corrected chi connectivity index (χ3v) is 5.94. The van der Waals surface area contributed by atoms with Crippen molar-refractivity contribution in [3.05, 3.63) is 33.8 Å². The summed E-state index contributed by atoms with van der Waals surface area (Å²) in [5, 5.41) is 4.49. The Kier molecular flexibility index (Phi) is 5.84. The standard InChI is InChI=1S/C18H24Cl2N2O/c19-16-7-3-4-14(17(16)20)12-22-10-8-13(9-11-22)18(23)21-15-5-1-2-6-15/h3-4,7,13,15H,1-2,5-6,8-12H2,(H,21,23). The summed E-state index contributed by atoms with van der Waals surface area (Å²) in [5.74, 6) is 0.430. The van der Waals surface area contributed by atoms with Crippen LogP contribution in [0.3, 0.4) is 0 Å². The van der Waals surface area contributed by atoms with Crippen molar-refractivity contribution < 1.29 is 4.79 Å². The Balaban J connectivity index is 1.48. The summed E-state index contributed by atoms with van der Waals surface area (Å²) in [5.41, 5.74) is 1.06. The fourth-order valence-corrected chi connectivity index (χ4v) is 4.03. The Morgan fingerprint density at radius 2 is 1.83 bits per heavy atom. The molecule has 3 rings (SSSR count). The van der Waals surface area contributed by atoms with Gasteiger partial charge in [0, 0.05) is 18.5 Å². The largest absolute Gasteiger partial charge is 0.353 e. The van der Waals surface area contributed by atoms with E-state index in [0.717, 1.165) is 50.9 Å². The number of likely N-dealkylation sites (tertiary alicyclic amines) is 1. The van der Waals surface area contributed by atoms with Crippen molar-refractivity contribution in [3.63, 3.8) is 0 Å². The Labute approximate surface area is 148 Å². The molecule has 0 unspecified atom stereocenters. The maximum Gasteiger partial charge on any atom is 0.223 e. The van der Waals surface area contributed by atoms with Gasteiger partial charge in [0.15, 0.2) is 0 Å². The molecule has 1 saturated carbocycles. The first-order valence-corrected chi connectivity index (χ1v) is 9.34. The summed E-state index contributed by atoms with van der Waals surface area (Å²) in [6.07, 6.45) is 6.66. The third-order valence-electron chi connectivity index (χ3n) is 5.09. The number of halogens is 2. The fraction of sp³-hybridized carbons (Fsp3) is 0.611. The van der Waals surface area contributed by atoms with E-state index in [9.17, 15) is 4.79 Å². The molecule has 1 aromatic carbocycles. The van der Waals surface area contributed by atoms with E-state index in [4.69, 9.17) is 23.2 Å². The molecular weight excluding hydrogens is 331 g/mol. The highest BCUT2D eigenvalue weighted by Crippen LogP contribution is 2.28. The number of carbonyl (C=O) groups is 1. The average Bonchev–Trinajstić information content (AvgIpc) is 3.05. The van der Waals surface area contributed by atoms with Crippen LogP contribution < -0.4 is 5.32 Å². The Morgan fingerprint density at radius 3 is 2.52 bits per heavy atom. The van der Waals surface area contributed by atoms with Crippen LogP contribution in [0.4, 0.5) is 0 Å². The summed E-state index contributed by atoms with van der Waals surface area (Å²) in [7, 11) is 0. The maximum atomic E-state index is 12.3. The summed E-state index contributed by atoms with van der Waals surface area (Å²) in [6, 6.07) is 6.19. The van der Waals surface area contributed by atoms with Crippen molar-refractivity contribution in [2.45, 2.75) is 51.1 Å². The van der Waals surface area contributed by atoms with Gasteiger partial charge in [-0.2, -0.15) is 0 Å². The summed E-state index contributed by atoms with van der Waals surface area (Å²) in [6.45, 7) is 2.67. The van der Waals surface area contributed by atoms with Crippen molar-refractivity contribution >= 4 is 29.1 Å². The van der Waals surface area contributed by atoms with Gasteiger partial charge in [0.2, 0.25) is 5.91 Å². The zero-order chi connectivity index (χ0) is 16.2. The lowest BCUT2D eigenvalue weighted by atomic mass is 9.95. The molecule has 2 fully saturated rings. The van der Waals surface area contributed by atoms with E-state index in [0.29, 0.717) is 16.1 Å². The molecule has 1 saturated heterocycles. The molecule has 126 valence electrons. The number of hydrogen-bond acceptors (Lipinski definition) is 2. The molecule has 2 aliphatic rings. The minimum Gasteiger partial charge on any atom is -0.353 e. The molecule has 0 atom stereocenters. The minimum atomic E-state index is 0.168. The SMILES string of the molecule is O=C(NC1CCCC1)C1CCN(Cc2cccc(Cl)c2Cl)CC1. The molecule has 1 N–H and O–H groups in total. The van der Waals surface area contributed by atoms with Crippen molar-refractivity contribution in [1.29, 1.82) is 0 Å². The summed E-state index contributed by atoms with van der Waals surface area (Å²) >= 11 is 12.3. The van der Waals surface area contributed by atoms with E-state index < -0.39 is 0 Å². The first kappa shape index (κ1) is 17.1. The van der Waals surface area contributed by atoms with Crippen LogP contribution in [0.5, 0.6) is 0 Å². The lowest BCUT2D eigenvalue weighted by molar-refractivity contribution is -0.127. The molecule has 5 heteroatoms. The summed E-state index contributed by atoms with van der Waals surface area (Å²) < 4.78 is 0. The fourth-order valence-electron chi connectivity index (χ4n) is 3.65. The van der Waals surface area contributed by atoms with Gasteiger partial charge in [0.1, 0.15) is 0 Å². The van der Waals surface area contributed by atoms with Gasteiger partial charge >= 0.3 is 0 Å². The molecule has 1 amide bonds. The first-order chi connectivity index (χ1) is 11.1. The van der Waals surface area contributed by atoms with Gasteiger partial charge in [-0.3, -0.25) is 9.69 Å². The van der Waals surface area contributed by atoms with Crippen molar-refractivity contribution in [2.75, 3.05) is 13.1 Å². The highest BCUT2D eigenvalue weighted by Gasteiger charge is 2.27. The Morgan fingerprint density at radius 1 is 1.13 bits per heavy atom. The topological polar surface area (TPSA) is 32.3 Å². The van der Waals surface area contributed by atoms with Crippen LogP contribution in [-0.2, 0) is 11.3 Å². The van der Waals surface area contributed by atoms with Crippen LogP contribution in [-0.4, -0.2) is 29.9 Å². The van der Waals surface area contributed by atoms with Crippen LogP contribution >= 0.6 is 23.2 Å². The van der Waals surface area contributed by atoms with E-state index in [1.165, 1.54) is 12.8 Å². The van der Waals surface area contributed by atoms with E-state index in [1.54, 1.807) is 0 Å². The number of rotatable bonds is 4. The zero-order valence-electron chi connectivity index (χ0n) is 13.4. The monoisotopic (exact) mass is 354 g/mol. The lowest BCUT2D eigenvalue weighted by Gasteiger charge is -2.32. The van der Waals surface area contributed by atoms with Gasteiger partial charge in [-0.15, -0.1) is 0 Å². The van der Waals surface area contributed by atoms with E-state index in [1.807, 2.05) is 18.2 Å². The number of benzene rings is 1. The molecule has 0 radical (unpaired) electrons. The van der Waals surface area contributed by atoms with Gasteiger partial charge in [-0.05, 0) is 50.4 Å². The van der Waals surface area contributed by atoms with E-state index in [2.05, 4.69) is 10.2 Å². The number of nitrogens with one attached hydrogen (secondary N) is 1. The highest BCUT2D eigenvalue weighted by atomic mass is 35.5. The first-order valence-electron chi connectivity index (χ1n) is 8.59. The summed E-state index contributed by atoms with van der Waals surface area (Å²) in [4.78, 5) is 14.7. The van der Waals surface area contributed by atoms with Crippen molar-refractivity contribution in [1.82, 2.24) is 10.2 Å². The second kappa shape index (κ2) is 7.87. The van der Waals surface area contributed by atoms with Crippen molar-refractivity contribution in [3.8, 4) is 0 Å². The van der Waals surface area contributed by atoms with Gasteiger partial charge in [0.25, 0.3) is 0 Å². The van der Waals surface area contributed by atoms with Crippen LogP contribution in [0, 0.1) is 5.92 Å². The molecule has 1 aromatic rings. The average molecular weight is 355 g/mol. The van der Waals surface area contributed by atoms with Gasteiger partial charge in [-0.1, -0.05) is 48.2 Å². The van der Waals surface area contributed by atoms with E-state index >= 15 is 0 Å². The lowest BCUT2D eigenvalue weighted by Crippen LogP contribution is -2.43. The normalized spacial score (nSPS) is 20.8. The number of hydrogen-bond donors (Lipinski definition) is 1. The quantitative estimate of drug-likeness (QED) is 0.875. The predicted molar refractivity (Wildman–Crippen MR) is 94.9 cm³/mol. The molecule has 1 aliphatic heterocycles. The van der Waals surface area contributed by atoms with Gasteiger partial charge in [0.05, 0.1) is 10.0 Å².